The molecule has 1 heterocycles. The van der Waals surface area contributed by atoms with Crippen LogP contribution in [0.15, 0.2) is 54.6 Å². The maximum absolute atomic E-state index is 14.3. The fourth-order valence-corrected chi connectivity index (χ4v) is 7.06. The van der Waals surface area contributed by atoms with Crippen molar-refractivity contribution in [1.29, 1.82) is 0 Å². The van der Waals surface area contributed by atoms with Gasteiger partial charge in [0, 0.05) is 6.54 Å². The van der Waals surface area contributed by atoms with E-state index in [1.165, 1.54) is 5.56 Å². The molecule has 1 fully saturated rings. The molecule has 3 rings (SSSR count). The van der Waals surface area contributed by atoms with Crippen LogP contribution in [0.4, 0.5) is 0 Å². The Hall–Kier alpha value is -1.94. The van der Waals surface area contributed by atoms with Crippen LogP contribution in [-0.2, 0) is 26.6 Å². The van der Waals surface area contributed by atoms with E-state index in [0.29, 0.717) is 6.54 Å². The molecule has 0 aromatic heterocycles. The number of rotatable bonds is 10. The molecule has 0 saturated carbocycles. The third-order valence-electron chi connectivity index (χ3n) is 9.15. The van der Waals surface area contributed by atoms with E-state index < -0.39 is 22.7 Å². The lowest BCUT2D eigenvalue weighted by Gasteiger charge is -2.43. The van der Waals surface area contributed by atoms with Crippen LogP contribution in [0.3, 0.4) is 0 Å². The van der Waals surface area contributed by atoms with E-state index in [2.05, 4.69) is 96.9 Å². The molecule has 0 unspecified atom stereocenters. The molecule has 7 heteroatoms. The highest BCUT2D eigenvalue weighted by Crippen LogP contribution is 2.44. The van der Waals surface area contributed by atoms with Crippen LogP contribution >= 0.6 is 0 Å². The van der Waals surface area contributed by atoms with Crippen molar-refractivity contribution in [3.63, 3.8) is 0 Å². The van der Waals surface area contributed by atoms with Crippen LogP contribution in [0.1, 0.15) is 59.1 Å². The van der Waals surface area contributed by atoms with Crippen molar-refractivity contribution >= 4 is 22.5 Å². The second-order valence-electron chi connectivity index (χ2n) is 14.0. The van der Waals surface area contributed by atoms with Gasteiger partial charge in [0.15, 0.2) is 22.7 Å². The summed E-state index contributed by atoms with van der Waals surface area (Å²) >= 11 is 0. The summed E-state index contributed by atoms with van der Waals surface area (Å²) in [4.78, 5) is 16.4. The first-order valence-corrected chi connectivity index (χ1v) is 20.1. The molecule has 0 N–H and O–H groups in total. The van der Waals surface area contributed by atoms with Crippen LogP contribution in [-0.4, -0.2) is 52.8 Å². The Morgan fingerprint density at radius 2 is 1.31 bits per heavy atom. The van der Waals surface area contributed by atoms with Crippen LogP contribution in [0.2, 0.25) is 36.3 Å². The first-order valence-electron chi connectivity index (χ1n) is 14.3. The summed E-state index contributed by atoms with van der Waals surface area (Å²) in [6.07, 6.45) is 0.748. The second-order valence-corrected chi connectivity index (χ2v) is 23.6. The van der Waals surface area contributed by atoms with Crippen molar-refractivity contribution in [1.82, 2.24) is 4.90 Å². The highest BCUT2D eigenvalue weighted by Gasteiger charge is 2.55. The Kier molecular flexibility index (Phi) is 9.63. The van der Waals surface area contributed by atoms with Gasteiger partial charge in [-0.3, -0.25) is 4.79 Å². The summed E-state index contributed by atoms with van der Waals surface area (Å²) in [7, 11) is -2.77. The molecule has 5 nitrogen and oxygen atoms in total. The van der Waals surface area contributed by atoms with Gasteiger partial charge in [-0.15, -0.1) is 0 Å². The van der Waals surface area contributed by atoms with Gasteiger partial charge in [0.1, 0.15) is 5.75 Å². The normalized spacial score (nSPS) is 20.9. The molecule has 39 heavy (non-hydrogen) atoms. The molecule has 0 spiro atoms. The summed E-state index contributed by atoms with van der Waals surface area (Å²) in [6.45, 7) is 23.0. The molecule has 0 aliphatic carbocycles. The summed E-state index contributed by atoms with van der Waals surface area (Å²) in [5.74, 6) is 0.912. The second kappa shape index (κ2) is 11.9. The minimum atomic E-state index is -2.25. The number of hydrogen-bond acceptors (Lipinski definition) is 4. The average molecular weight is 570 g/mol. The van der Waals surface area contributed by atoms with Crippen molar-refractivity contribution in [2.75, 3.05) is 7.11 Å². The quantitative estimate of drug-likeness (QED) is 0.274. The fourth-order valence-electron chi connectivity index (χ4n) is 4.52. The largest absolute Gasteiger partial charge is 0.497 e. The monoisotopic (exact) mass is 569 g/mol. The van der Waals surface area contributed by atoms with Crippen molar-refractivity contribution in [3.8, 4) is 5.75 Å². The van der Waals surface area contributed by atoms with Gasteiger partial charge in [-0.25, -0.2) is 0 Å². The minimum Gasteiger partial charge on any atom is -0.497 e. The first-order chi connectivity index (χ1) is 18.0. The predicted octanol–water partition coefficient (Wildman–Crippen LogP) is 7.82. The van der Waals surface area contributed by atoms with E-state index >= 15 is 0 Å². The zero-order valence-corrected chi connectivity index (χ0v) is 28.1. The zero-order valence-electron chi connectivity index (χ0n) is 26.1. The number of ether oxygens (including phenoxy) is 1. The van der Waals surface area contributed by atoms with Crippen LogP contribution in [0.25, 0.3) is 0 Å². The maximum atomic E-state index is 14.3. The highest BCUT2D eigenvalue weighted by molar-refractivity contribution is 6.74. The molecule has 0 radical (unpaired) electrons. The lowest BCUT2D eigenvalue weighted by Crippen LogP contribution is -2.53. The van der Waals surface area contributed by atoms with E-state index in [9.17, 15) is 4.79 Å². The Morgan fingerprint density at radius 1 is 0.769 bits per heavy atom. The fraction of sp³-hybridized carbons (Fsp3) is 0.594. The van der Waals surface area contributed by atoms with Gasteiger partial charge in [0.25, 0.3) is 5.91 Å². The van der Waals surface area contributed by atoms with Gasteiger partial charge in [0.2, 0.25) is 0 Å². The van der Waals surface area contributed by atoms with Crippen molar-refractivity contribution in [3.05, 3.63) is 65.7 Å². The number of carbonyl (C=O) groups excluding carboxylic acids is 1. The van der Waals surface area contributed by atoms with Crippen molar-refractivity contribution in [2.24, 2.45) is 0 Å². The van der Waals surface area contributed by atoms with Gasteiger partial charge in [-0.05, 0) is 72.4 Å². The molecule has 2 aromatic carbocycles. The van der Waals surface area contributed by atoms with Gasteiger partial charge in [0.05, 0.1) is 19.3 Å². The van der Waals surface area contributed by atoms with Crippen LogP contribution in [0.5, 0.6) is 5.75 Å². The highest BCUT2D eigenvalue weighted by atomic mass is 28.4. The first kappa shape index (κ1) is 31.6. The molecular weight excluding hydrogens is 519 g/mol. The van der Waals surface area contributed by atoms with E-state index in [1.54, 1.807) is 7.11 Å². The predicted molar refractivity (Wildman–Crippen MR) is 166 cm³/mol. The van der Waals surface area contributed by atoms with Gasteiger partial charge >= 0.3 is 0 Å². The van der Waals surface area contributed by atoms with Gasteiger partial charge in [-0.2, -0.15) is 0 Å². The molecule has 216 valence electrons. The molecular formula is C32H51NO4Si2. The molecule has 0 bridgehead atoms. The molecule has 2 aromatic rings. The Labute approximate surface area is 239 Å². The smallest absolute Gasteiger partial charge is 0.253 e. The SMILES string of the molecule is COc1ccc(CC[C@@H]2[C@H](O[Si](C)(C)C(C)(C)C)[C@@H](O[Si](C)(C)C(C)(C)C)C(=O)N2Cc2ccccc2)cc1. The third kappa shape index (κ3) is 7.43. The number of hydrogen-bond donors (Lipinski definition) is 0. The molecule has 1 amide bonds. The van der Waals surface area contributed by atoms with E-state index in [-0.39, 0.29) is 28.1 Å². The van der Waals surface area contributed by atoms with Crippen LogP contribution in [0, 0.1) is 0 Å². The number of carbonyl (C=O) groups is 1. The van der Waals surface area contributed by atoms with E-state index in [4.69, 9.17) is 13.6 Å². The number of aryl methyl sites for hydroxylation is 1. The summed E-state index contributed by atoms with van der Waals surface area (Å²) in [6, 6.07) is 18.4. The van der Waals surface area contributed by atoms with Crippen molar-refractivity contribution in [2.45, 2.75) is 115 Å². The summed E-state index contributed by atoms with van der Waals surface area (Å²) in [5.41, 5.74) is 2.35. The van der Waals surface area contributed by atoms with E-state index in [0.717, 1.165) is 24.2 Å². The number of methoxy groups -OCH3 is 1. The minimum absolute atomic E-state index is 0.0136. The molecule has 1 saturated heterocycles. The van der Waals surface area contributed by atoms with Gasteiger partial charge < -0.3 is 18.5 Å². The Balaban J connectivity index is 2.03. The number of likely N-dealkylation sites (tertiary alicyclic amines) is 1. The molecule has 1 aliphatic heterocycles. The lowest BCUT2D eigenvalue weighted by molar-refractivity contribution is -0.135. The number of amides is 1. The Morgan fingerprint density at radius 3 is 1.82 bits per heavy atom. The average Bonchev–Trinajstić information content (AvgIpc) is 3.06. The van der Waals surface area contributed by atoms with Crippen LogP contribution < -0.4 is 4.74 Å². The standard InChI is InChI=1S/C32H51NO4Si2/c1-31(2,3)38(8,9)36-28-27(22-19-24-17-20-26(35-7)21-18-24)33(23-25-15-13-12-14-16-25)30(34)29(28)37-39(10,11)32(4,5)6/h12-18,20-21,27-29H,19,22-23H2,1-11H3/t27-,28+,29-/m1/s1. The third-order valence-corrected chi connectivity index (χ3v) is 18.1. The van der Waals surface area contributed by atoms with Gasteiger partial charge in [-0.1, -0.05) is 84.0 Å². The Bertz CT molecular complexity index is 1090. The topological polar surface area (TPSA) is 48.0 Å². The number of nitrogens with zero attached hydrogens (tertiary/aromatic N) is 1. The lowest BCUT2D eigenvalue weighted by atomic mass is 10.0. The van der Waals surface area contributed by atoms with E-state index in [1.807, 2.05) is 30.3 Å². The zero-order chi connectivity index (χ0) is 29.2. The summed E-state index contributed by atoms with van der Waals surface area (Å²) in [5, 5.41) is 0.00516. The molecule has 3 atom stereocenters. The summed E-state index contributed by atoms with van der Waals surface area (Å²) < 4.78 is 19.5. The van der Waals surface area contributed by atoms with Crippen molar-refractivity contribution < 1.29 is 18.4 Å². The molecule has 1 aliphatic rings. The number of benzene rings is 2. The maximum Gasteiger partial charge on any atom is 0.253 e.